The summed E-state index contributed by atoms with van der Waals surface area (Å²) in [6.07, 6.45) is 4.21. The van der Waals surface area contributed by atoms with E-state index in [1.54, 1.807) is 12.1 Å². The van der Waals surface area contributed by atoms with Gasteiger partial charge < -0.3 is 5.32 Å². The Labute approximate surface area is 209 Å². The van der Waals surface area contributed by atoms with Crippen molar-refractivity contribution >= 4 is 45.0 Å². The molecule has 1 aromatic heterocycles. The van der Waals surface area contributed by atoms with Gasteiger partial charge in [0.25, 0.3) is 5.91 Å². The van der Waals surface area contributed by atoms with Crippen LogP contribution in [-0.2, 0) is 15.8 Å². The highest BCUT2D eigenvalue weighted by Gasteiger charge is 2.25. The number of aromatic nitrogens is 2. The third kappa shape index (κ3) is 5.96. The maximum Gasteiger partial charge on any atom is 0.275 e. The van der Waals surface area contributed by atoms with E-state index in [9.17, 15) is 13.2 Å². The van der Waals surface area contributed by atoms with Gasteiger partial charge in [0.05, 0.1) is 16.1 Å². The lowest BCUT2D eigenvalue weighted by molar-refractivity contribution is 0.102. The number of carbonyl (C=O) groups is 1. The van der Waals surface area contributed by atoms with Gasteiger partial charge in [-0.15, -0.1) is 0 Å². The Bertz CT molecular complexity index is 1280. The van der Waals surface area contributed by atoms with E-state index >= 15 is 0 Å². The van der Waals surface area contributed by atoms with Gasteiger partial charge in [0.2, 0.25) is 10.0 Å². The summed E-state index contributed by atoms with van der Waals surface area (Å²) in [5.41, 5.74) is 2.82. The van der Waals surface area contributed by atoms with Crippen LogP contribution in [0, 0.1) is 6.92 Å². The average Bonchev–Trinajstić information content (AvgIpc) is 2.84. The largest absolute Gasteiger partial charge is 0.321 e. The summed E-state index contributed by atoms with van der Waals surface area (Å²) in [7, 11) is -3.53. The van der Waals surface area contributed by atoms with Gasteiger partial charge in [-0.2, -0.15) is 4.31 Å². The van der Waals surface area contributed by atoms with Crippen molar-refractivity contribution in [3.63, 3.8) is 0 Å². The SMILES string of the molecule is Cc1cccc(CSc2ncc(Cl)c(C(=O)Nc3ccc(S(=O)(=O)N4CCCCC4)cc3)n2)c1. The van der Waals surface area contributed by atoms with Gasteiger partial charge in [-0.1, -0.05) is 59.6 Å². The second-order valence-corrected chi connectivity index (χ2v) is 11.4. The van der Waals surface area contributed by atoms with Gasteiger partial charge in [0.15, 0.2) is 10.9 Å². The normalized spacial score (nSPS) is 14.6. The van der Waals surface area contributed by atoms with E-state index in [0.717, 1.165) is 24.8 Å². The molecule has 1 N–H and O–H groups in total. The first-order chi connectivity index (χ1) is 16.3. The first kappa shape index (κ1) is 24.7. The Morgan fingerprint density at radius 3 is 2.56 bits per heavy atom. The van der Waals surface area contributed by atoms with Crippen LogP contribution in [0.25, 0.3) is 0 Å². The second-order valence-electron chi connectivity index (χ2n) is 8.07. The van der Waals surface area contributed by atoms with Crippen LogP contribution in [0.4, 0.5) is 5.69 Å². The highest BCUT2D eigenvalue weighted by molar-refractivity contribution is 7.98. The number of anilines is 1. The molecule has 1 aliphatic heterocycles. The lowest BCUT2D eigenvalue weighted by Gasteiger charge is -2.25. The van der Waals surface area contributed by atoms with Crippen molar-refractivity contribution in [1.29, 1.82) is 0 Å². The fourth-order valence-electron chi connectivity index (χ4n) is 3.68. The molecule has 0 aliphatic carbocycles. The fourth-order valence-corrected chi connectivity index (χ4v) is 6.14. The summed E-state index contributed by atoms with van der Waals surface area (Å²) in [6, 6.07) is 14.3. The van der Waals surface area contributed by atoms with Crippen LogP contribution >= 0.6 is 23.4 Å². The van der Waals surface area contributed by atoms with Crippen molar-refractivity contribution in [2.45, 2.75) is 42.0 Å². The summed E-state index contributed by atoms with van der Waals surface area (Å²) in [5, 5.41) is 3.32. The number of piperidine rings is 1. The molecular formula is C24H25ClN4O3S2. The van der Waals surface area contributed by atoms with Gasteiger partial charge in [0, 0.05) is 24.5 Å². The molecule has 0 bridgehead atoms. The van der Waals surface area contributed by atoms with Gasteiger partial charge >= 0.3 is 0 Å². The van der Waals surface area contributed by atoms with Crippen molar-refractivity contribution in [3.05, 3.63) is 76.6 Å². The van der Waals surface area contributed by atoms with E-state index in [0.29, 0.717) is 29.7 Å². The summed E-state index contributed by atoms with van der Waals surface area (Å²) < 4.78 is 27.1. The third-order valence-electron chi connectivity index (χ3n) is 5.45. The van der Waals surface area contributed by atoms with Crippen molar-refractivity contribution < 1.29 is 13.2 Å². The Hall–Kier alpha value is -2.46. The molecule has 1 amide bonds. The molecule has 10 heteroatoms. The van der Waals surface area contributed by atoms with Crippen molar-refractivity contribution in [2.75, 3.05) is 18.4 Å². The molecule has 0 spiro atoms. The standard InChI is InChI=1S/C24H25ClN4O3S2/c1-17-6-5-7-18(14-17)16-33-24-26-15-21(25)22(28-24)23(30)27-19-8-10-20(11-9-19)34(31,32)29-12-3-2-4-13-29/h5-11,14-15H,2-4,12-13,16H2,1H3,(H,27,30). The van der Waals surface area contributed by atoms with Crippen molar-refractivity contribution in [2.24, 2.45) is 0 Å². The first-order valence-corrected chi connectivity index (χ1v) is 13.8. The van der Waals surface area contributed by atoms with E-state index in [4.69, 9.17) is 11.6 Å². The maximum atomic E-state index is 12.8. The topological polar surface area (TPSA) is 92.3 Å². The van der Waals surface area contributed by atoms with Gasteiger partial charge in [-0.25, -0.2) is 18.4 Å². The number of nitrogens with zero attached hydrogens (tertiary/aromatic N) is 3. The zero-order valence-electron chi connectivity index (χ0n) is 18.7. The number of thioether (sulfide) groups is 1. The van der Waals surface area contributed by atoms with Crippen LogP contribution in [0.15, 0.2) is 64.8 Å². The van der Waals surface area contributed by atoms with Crippen molar-refractivity contribution in [3.8, 4) is 0 Å². The van der Waals surface area contributed by atoms with Gasteiger partial charge in [-0.3, -0.25) is 4.79 Å². The molecule has 0 saturated carbocycles. The predicted octanol–water partition coefficient (Wildman–Crippen LogP) is 5.16. The Morgan fingerprint density at radius 2 is 1.85 bits per heavy atom. The van der Waals surface area contributed by atoms with Crippen LogP contribution in [-0.4, -0.2) is 41.7 Å². The van der Waals surface area contributed by atoms with Crippen LogP contribution in [0.5, 0.6) is 0 Å². The molecule has 0 unspecified atom stereocenters. The molecule has 1 aliphatic rings. The Morgan fingerprint density at radius 1 is 1.12 bits per heavy atom. The highest BCUT2D eigenvalue weighted by atomic mass is 35.5. The molecule has 34 heavy (non-hydrogen) atoms. The van der Waals surface area contributed by atoms with Crippen LogP contribution in [0.1, 0.15) is 40.9 Å². The zero-order valence-corrected chi connectivity index (χ0v) is 21.1. The summed E-state index contributed by atoms with van der Waals surface area (Å²) in [4.78, 5) is 21.6. The highest BCUT2D eigenvalue weighted by Crippen LogP contribution is 2.25. The molecular weight excluding hydrogens is 492 g/mol. The number of carbonyl (C=O) groups excluding carboxylic acids is 1. The predicted molar refractivity (Wildman–Crippen MR) is 135 cm³/mol. The van der Waals surface area contributed by atoms with Crippen molar-refractivity contribution in [1.82, 2.24) is 14.3 Å². The van der Waals surface area contributed by atoms with E-state index in [-0.39, 0.29) is 15.6 Å². The molecule has 0 atom stereocenters. The number of nitrogens with one attached hydrogen (secondary N) is 1. The molecule has 4 rings (SSSR count). The van der Waals surface area contributed by atoms with Crippen LogP contribution in [0.3, 0.4) is 0 Å². The van der Waals surface area contributed by atoms with Crippen LogP contribution < -0.4 is 5.32 Å². The van der Waals surface area contributed by atoms with E-state index in [2.05, 4.69) is 21.4 Å². The fraction of sp³-hybridized carbons (Fsp3) is 0.292. The number of amides is 1. The van der Waals surface area contributed by atoms with E-state index in [1.165, 1.54) is 40.0 Å². The number of rotatable bonds is 7. The summed E-state index contributed by atoms with van der Waals surface area (Å²) in [6.45, 7) is 3.11. The number of sulfonamides is 1. The third-order valence-corrected chi connectivity index (χ3v) is 8.57. The van der Waals surface area contributed by atoms with E-state index in [1.807, 2.05) is 25.1 Å². The minimum absolute atomic E-state index is 0.0634. The number of benzene rings is 2. The monoisotopic (exact) mass is 516 g/mol. The maximum absolute atomic E-state index is 12.8. The van der Waals surface area contributed by atoms with E-state index < -0.39 is 15.9 Å². The van der Waals surface area contributed by atoms with Gasteiger partial charge in [0.1, 0.15) is 0 Å². The lowest BCUT2D eigenvalue weighted by atomic mass is 10.2. The molecule has 1 fully saturated rings. The van der Waals surface area contributed by atoms with Gasteiger partial charge in [-0.05, 0) is 49.6 Å². The molecule has 1 saturated heterocycles. The molecule has 2 heterocycles. The summed E-state index contributed by atoms with van der Waals surface area (Å²) in [5.74, 6) is 0.175. The first-order valence-electron chi connectivity index (χ1n) is 11.0. The minimum atomic E-state index is -3.53. The average molecular weight is 517 g/mol. The summed E-state index contributed by atoms with van der Waals surface area (Å²) >= 11 is 7.60. The zero-order chi connectivity index (χ0) is 24.1. The number of hydrogen-bond donors (Lipinski definition) is 1. The minimum Gasteiger partial charge on any atom is -0.321 e. The Kier molecular flexibility index (Phi) is 7.88. The number of halogens is 1. The number of hydrogen-bond acceptors (Lipinski definition) is 6. The van der Waals surface area contributed by atoms with Crippen LogP contribution in [0.2, 0.25) is 5.02 Å². The smallest absolute Gasteiger partial charge is 0.275 e. The molecule has 7 nitrogen and oxygen atoms in total. The molecule has 2 aromatic carbocycles. The number of aryl methyl sites for hydroxylation is 1. The Balaban J connectivity index is 1.43. The second kappa shape index (κ2) is 10.9. The molecule has 0 radical (unpaired) electrons. The molecule has 3 aromatic rings. The quantitative estimate of drug-likeness (QED) is 0.344. The molecule has 178 valence electrons. The lowest BCUT2D eigenvalue weighted by Crippen LogP contribution is -2.35.